The van der Waals surface area contributed by atoms with E-state index in [1.807, 2.05) is 6.92 Å². The summed E-state index contributed by atoms with van der Waals surface area (Å²) in [5.74, 6) is -0.404. The predicted molar refractivity (Wildman–Crippen MR) is 55.1 cm³/mol. The van der Waals surface area contributed by atoms with Crippen molar-refractivity contribution in [2.75, 3.05) is 13.7 Å². The van der Waals surface area contributed by atoms with Crippen LogP contribution in [0.4, 0.5) is 0 Å². The summed E-state index contributed by atoms with van der Waals surface area (Å²) in [6.45, 7) is 3.57. The highest BCUT2D eigenvalue weighted by molar-refractivity contribution is 4.80. The van der Waals surface area contributed by atoms with Crippen LogP contribution in [-0.4, -0.2) is 52.6 Å². The summed E-state index contributed by atoms with van der Waals surface area (Å²) in [5.41, 5.74) is 0. The van der Waals surface area contributed by atoms with Crippen LogP contribution in [0.15, 0.2) is 0 Å². The minimum absolute atomic E-state index is 0.0641. The number of aliphatic hydroxyl groups is 4. The molecule has 5 nitrogen and oxygen atoms in total. The average molecular weight is 222 g/mol. The Morgan fingerprint density at radius 3 is 2.00 bits per heavy atom. The van der Waals surface area contributed by atoms with Crippen LogP contribution in [-0.2, 0) is 4.74 Å². The van der Waals surface area contributed by atoms with E-state index in [1.165, 1.54) is 7.11 Å². The fraction of sp³-hybridized carbons (Fsp3) is 1.00. The van der Waals surface area contributed by atoms with Gasteiger partial charge in [0.1, 0.15) is 6.10 Å². The zero-order chi connectivity index (χ0) is 12.0. The van der Waals surface area contributed by atoms with Crippen molar-refractivity contribution in [1.29, 1.82) is 0 Å². The van der Waals surface area contributed by atoms with Gasteiger partial charge in [-0.05, 0) is 11.8 Å². The third kappa shape index (κ3) is 4.04. The Kier molecular flexibility index (Phi) is 7.04. The Morgan fingerprint density at radius 1 is 1.13 bits per heavy atom. The summed E-state index contributed by atoms with van der Waals surface area (Å²) in [6.07, 6.45) is -3.25. The van der Waals surface area contributed by atoms with Gasteiger partial charge < -0.3 is 25.2 Å². The third-order valence-corrected chi connectivity index (χ3v) is 2.81. The summed E-state index contributed by atoms with van der Waals surface area (Å²) in [7, 11) is 1.25. The first-order chi connectivity index (χ1) is 6.99. The van der Waals surface area contributed by atoms with E-state index in [-0.39, 0.29) is 18.4 Å². The molecular formula is C10H22O5. The number of rotatable bonds is 7. The molecule has 0 aliphatic rings. The summed E-state index contributed by atoms with van der Waals surface area (Å²) < 4.78 is 4.52. The summed E-state index contributed by atoms with van der Waals surface area (Å²) in [4.78, 5) is 0. The van der Waals surface area contributed by atoms with Gasteiger partial charge >= 0.3 is 0 Å². The highest BCUT2D eigenvalue weighted by atomic mass is 16.6. The van der Waals surface area contributed by atoms with Gasteiger partial charge in [0.15, 0.2) is 6.29 Å². The Labute approximate surface area is 90.3 Å². The molecule has 15 heavy (non-hydrogen) atoms. The standard InChI is InChI=1S/C10H22O5/c1-4-7(6(2)5-11)8(12)9(13)10(14)15-3/h6-14H,4-5H2,1-3H3/t6?,7-,8?,9?,10+/m1/s1. The Balaban J connectivity index is 4.42. The lowest BCUT2D eigenvalue weighted by Gasteiger charge is -2.31. The molecule has 0 aliphatic carbocycles. The molecule has 0 aromatic rings. The number of ether oxygens (including phenoxy) is 1. The van der Waals surface area contributed by atoms with Crippen LogP contribution in [0.1, 0.15) is 20.3 Å². The molecule has 0 bridgehead atoms. The molecule has 0 radical (unpaired) electrons. The van der Waals surface area contributed by atoms with Crippen molar-refractivity contribution in [2.24, 2.45) is 11.8 Å². The van der Waals surface area contributed by atoms with Crippen molar-refractivity contribution < 1.29 is 25.2 Å². The van der Waals surface area contributed by atoms with E-state index in [0.717, 1.165) is 0 Å². The molecule has 0 aliphatic heterocycles. The van der Waals surface area contributed by atoms with Crippen molar-refractivity contribution in [3.63, 3.8) is 0 Å². The second-order valence-electron chi connectivity index (χ2n) is 3.84. The van der Waals surface area contributed by atoms with E-state index in [1.54, 1.807) is 6.92 Å². The van der Waals surface area contributed by atoms with Gasteiger partial charge in [0, 0.05) is 13.7 Å². The quantitative estimate of drug-likeness (QED) is 0.429. The van der Waals surface area contributed by atoms with Crippen molar-refractivity contribution >= 4 is 0 Å². The molecule has 0 saturated heterocycles. The lowest BCUT2D eigenvalue weighted by molar-refractivity contribution is -0.187. The first kappa shape index (κ1) is 14.8. The van der Waals surface area contributed by atoms with E-state index in [2.05, 4.69) is 4.74 Å². The SMILES string of the molecule is CC[C@H](C(C)CO)C(O)C(O)[C@@H](O)OC. The van der Waals surface area contributed by atoms with Gasteiger partial charge in [-0.1, -0.05) is 20.3 Å². The maximum atomic E-state index is 9.78. The molecular weight excluding hydrogens is 200 g/mol. The van der Waals surface area contributed by atoms with Gasteiger partial charge in [0.05, 0.1) is 6.10 Å². The molecule has 92 valence electrons. The second kappa shape index (κ2) is 7.14. The minimum atomic E-state index is -1.40. The largest absolute Gasteiger partial charge is 0.396 e. The number of hydrogen-bond donors (Lipinski definition) is 4. The molecule has 0 fully saturated rings. The molecule has 4 N–H and O–H groups in total. The topological polar surface area (TPSA) is 90.2 Å². The van der Waals surface area contributed by atoms with Gasteiger partial charge in [-0.15, -0.1) is 0 Å². The van der Waals surface area contributed by atoms with Crippen LogP contribution in [0.2, 0.25) is 0 Å². The third-order valence-electron chi connectivity index (χ3n) is 2.81. The second-order valence-corrected chi connectivity index (χ2v) is 3.84. The van der Waals surface area contributed by atoms with E-state index in [9.17, 15) is 15.3 Å². The van der Waals surface area contributed by atoms with Crippen molar-refractivity contribution in [3.05, 3.63) is 0 Å². The Morgan fingerprint density at radius 2 is 1.67 bits per heavy atom. The average Bonchev–Trinajstić information content (AvgIpc) is 2.27. The van der Waals surface area contributed by atoms with Crippen LogP contribution < -0.4 is 0 Å². The van der Waals surface area contributed by atoms with Gasteiger partial charge in [-0.3, -0.25) is 0 Å². The summed E-state index contributed by atoms with van der Waals surface area (Å²) >= 11 is 0. The summed E-state index contributed by atoms with van der Waals surface area (Å²) in [5, 5.41) is 37.5. The molecule has 0 aromatic heterocycles. The van der Waals surface area contributed by atoms with Gasteiger partial charge in [-0.25, -0.2) is 0 Å². The number of methoxy groups -OCH3 is 1. The van der Waals surface area contributed by atoms with Crippen LogP contribution >= 0.6 is 0 Å². The monoisotopic (exact) mass is 222 g/mol. The van der Waals surface area contributed by atoms with Crippen LogP contribution in [0, 0.1) is 11.8 Å². The maximum absolute atomic E-state index is 9.78. The highest BCUT2D eigenvalue weighted by Crippen LogP contribution is 2.22. The van der Waals surface area contributed by atoms with Gasteiger partial charge in [0.25, 0.3) is 0 Å². The van der Waals surface area contributed by atoms with Crippen LogP contribution in [0.25, 0.3) is 0 Å². The molecule has 0 saturated carbocycles. The zero-order valence-corrected chi connectivity index (χ0v) is 9.50. The minimum Gasteiger partial charge on any atom is -0.396 e. The highest BCUT2D eigenvalue weighted by Gasteiger charge is 2.33. The van der Waals surface area contributed by atoms with Gasteiger partial charge in [-0.2, -0.15) is 0 Å². The molecule has 0 aromatic carbocycles. The lowest BCUT2D eigenvalue weighted by atomic mass is 9.84. The van der Waals surface area contributed by atoms with E-state index < -0.39 is 18.5 Å². The first-order valence-corrected chi connectivity index (χ1v) is 5.17. The molecule has 0 rings (SSSR count). The van der Waals surface area contributed by atoms with Crippen LogP contribution in [0.3, 0.4) is 0 Å². The fourth-order valence-corrected chi connectivity index (χ4v) is 1.68. The normalized spacial score (nSPS) is 21.8. The molecule has 5 heteroatoms. The Hall–Kier alpha value is -0.200. The van der Waals surface area contributed by atoms with Crippen LogP contribution in [0.5, 0.6) is 0 Å². The fourth-order valence-electron chi connectivity index (χ4n) is 1.68. The predicted octanol–water partition coefficient (Wildman–Crippen LogP) is -0.672. The molecule has 5 atom stereocenters. The van der Waals surface area contributed by atoms with Crippen molar-refractivity contribution in [2.45, 2.75) is 38.8 Å². The molecule has 0 spiro atoms. The number of aliphatic hydroxyl groups excluding tert-OH is 4. The molecule has 0 amide bonds. The maximum Gasteiger partial charge on any atom is 0.183 e. The lowest BCUT2D eigenvalue weighted by Crippen LogP contribution is -2.44. The molecule has 3 unspecified atom stereocenters. The van der Waals surface area contributed by atoms with E-state index in [4.69, 9.17) is 5.11 Å². The van der Waals surface area contributed by atoms with Crippen molar-refractivity contribution in [1.82, 2.24) is 0 Å². The summed E-state index contributed by atoms with van der Waals surface area (Å²) in [6, 6.07) is 0. The Bertz CT molecular complexity index is 164. The number of hydrogen-bond acceptors (Lipinski definition) is 5. The van der Waals surface area contributed by atoms with Crippen molar-refractivity contribution in [3.8, 4) is 0 Å². The smallest absolute Gasteiger partial charge is 0.183 e. The zero-order valence-electron chi connectivity index (χ0n) is 9.50. The van der Waals surface area contributed by atoms with E-state index in [0.29, 0.717) is 6.42 Å². The van der Waals surface area contributed by atoms with E-state index >= 15 is 0 Å². The van der Waals surface area contributed by atoms with Gasteiger partial charge in [0.2, 0.25) is 0 Å². The molecule has 0 heterocycles. The first-order valence-electron chi connectivity index (χ1n) is 5.17.